The van der Waals surface area contributed by atoms with Crippen LogP contribution in [0.2, 0.25) is 0 Å². The van der Waals surface area contributed by atoms with Crippen LogP contribution >= 0.6 is 23.2 Å². The van der Waals surface area contributed by atoms with Crippen molar-refractivity contribution < 1.29 is 15.0 Å². The van der Waals surface area contributed by atoms with Crippen molar-refractivity contribution in [2.24, 2.45) is 0 Å². The van der Waals surface area contributed by atoms with Crippen molar-refractivity contribution in [3.63, 3.8) is 0 Å². The van der Waals surface area contributed by atoms with E-state index in [2.05, 4.69) is 0 Å². The van der Waals surface area contributed by atoms with Gasteiger partial charge in [0.05, 0.1) is 0 Å². The second kappa shape index (κ2) is 1.54. The molecule has 0 amide bonds. The first kappa shape index (κ1) is 7.12. The van der Waals surface area contributed by atoms with Crippen LogP contribution in [-0.2, 0) is 4.79 Å². The molecule has 0 heterocycles. The molecule has 3 nitrogen and oxygen atoms in total. The summed E-state index contributed by atoms with van der Waals surface area (Å²) < 4.78 is -1.47. The van der Waals surface area contributed by atoms with E-state index in [1.165, 1.54) is 0 Å². The van der Waals surface area contributed by atoms with Gasteiger partial charge >= 0.3 is 5.97 Å². The van der Waals surface area contributed by atoms with Crippen molar-refractivity contribution >= 4 is 29.2 Å². The lowest BCUT2D eigenvalue weighted by Gasteiger charge is -2.01. The van der Waals surface area contributed by atoms with E-state index in [-0.39, 0.29) is 6.42 Å². The predicted molar refractivity (Wildman–Crippen MR) is 31.6 cm³/mol. The molecule has 0 aromatic carbocycles. The maximum atomic E-state index is 10.1. The summed E-state index contributed by atoms with van der Waals surface area (Å²) in [5, 5.41) is 17.1. The normalized spacial score (nSPS) is 38.1. The van der Waals surface area contributed by atoms with Gasteiger partial charge in [-0.15, -0.1) is 0 Å². The zero-order chi connectivity index (χ0) is 7.28. The second-order valence-electron chi connectivity index (χ2n) is 2.05. The Bertz CT molecular complexity index is 167. The Morgan fingerprint density at radius 2 is 1.89 bits per heavy atom. The van der Waals surface area contributed by atoms with Gasteiger partial charge in [-0.3, -0.25) is 0 Å². The summed E-state index contributed by atoms with van der Waals surface area (Å²) in [5.74, 6) is -1.37. The van der Waals surface area contributed by atoms with Crippen LogP contribution in [0.4, 0.5) is 0 Å². The summed E-state index contributed by atoms with van der Waals surface area (Å²) in [6.07, 6.45) is -0.0988. The van der Waals surface area contributed by atoms with Crippen molar-refractivity contribution in [2.75, 3.05) is 0 Å². The zero-order valence-corrected chi connectivity index (χ0v) is 5.78. The van der Waals surface area contributed by atoms with Gasteiger partial charge in [-0.2, -0.15) is 0 Å². The maximum absolute atomic E-state index is 10.1. The second-order valence-corrected chi connectivity index (χ2v) is 3.53. The van der Waals surface area contributed by atoms with E-state index in [4.69, 9.17) is 33.4 Å². The smallest absolute Gasteiger partial charge is 0.339 e. The Labute approximate surface area is 61.2 Å². The van der Waals surface area contributed by atoms with Crippen LogP contribution in [0.15, 0.2) is 0 Å². The van der Waals surface area contributed by atoms with Crippen LogP contribution < -0.4 is 0 Å². The average Bonchev–Trinajstić information content (AvgIpc) is 2.08. The summed E-state index contributed by atoms with van der Waals surface area (Å²) in [6, 6.07) is 0. The predicted octanol–water partition coefficient (Wildman–Crippen LogP) is 0.380. The van der Waals surface area contributed by atoms with E-state index in [9.17, 15) is 4.79 Å². The van der Waals surface area contributed by atoms with Crippen molar-refractivity contribution in [3.05, 3.63) is 0 Å². The van der Waals surface area contributed by atoms with Gasteiger partial charge in [-0.25, -0.2) is 4.79 Å². The number of carboxylic acid groups (broad SMARTS) is 1. The lowest BCUT2D eigenvalue weighted by Crippen LogP contribution is -2.27. The number of hydrogen-bond donors (Lipinski definition) is 2. The number of halogens is 2. The van der Waals surface area contributed by atoms with Gasteiger partial charge < -0.3 is 10.2 Å². The first-order chi connectivity index (χ1) is 3.90. The molecule has 1 aliphatic rings. The summed E-state index contributed by atoms with van der Waals surface area (Å²) in [6.45, 7) is 0. The van der Waals surface area contributed by atoms with Crippen LogP contribution in [0, 0.1) is 0 Å². The van der Waals surface area contributed by atoms with E-state index in [1.807, 2.05) is 0 Å². The van der Waals surface area contributed by atoms with E-state index in [1.54, 1.807) is 0 Å². The molecule has 0 saturated heterocycles. The standard InChI is InChI=1S/C4H4Cl2O3/c5-4(6)1-3(4,9)2(7)8/h9H,1H2,(H,7,8). The minimum Gasteiger partial charge on any atom is -0.479 e. The van der Waals surface area contributed by atoms with Crippen molar-refractivity contribution in [1.29, 1.82) is 0 Å². The molecule has 1 rings (SSSR count). The summed E-state index contributed by atoms with van der Waals surface area (Å²) in [4.78, 5) is 10.1. The van der Waals surface area contributed by atoms with Gasteiger partial charge in [0.2, 0.25) is 0 Å². The molecule has 2 N–H and O–H groups in total. The number of aliphatic hydroxyl groups is 1. The fourth-order valence-corrected chi connectivity index (χ4v) is 1.06. The van der Waals surface area contributed by atoms with Gasteiger partial charge in [0, 0.05) is 6.42 Å². The number of alkyl halides is 2. The van der Waals surface area contributed by atoms with Crippen LogP contribution in [-0.4, -0.2) is 26.1 Å². The average molecular weight is 171 g/mol. The SMILES string of the molecule is O=C(O)C1(O)CC1(Cl)Cl. The number of rotatable bonds is 1. The maximum Gasteiger partial charge on any atom is 0.339 e. The molecule has 0 aromatic rings. The van der Waals surface area contributed by atoms with Crippen LogP contribution in [0.25, 0.3) is 0 Å². The Kier molecular flexibility index (Phi) is 1.22. The molecule has 9 heavy (non-hydrogen) atoms. The van der Waals surface area contributed by atoms with Gasteiger partial charge in [0.25, 0.3) is 0 Å². The van der Waals surface area contributed by atoms with E-state index in [0.717, 1.165) is 0 Å². The molecule has 1 fully saturated rings. The van der Waals surface area contributed by atoms with Crippen LogP contribution in [0.1, 0.15) is 6.42 Å². The fourth-order valence-electron chi connectivity index (χ4n) is 0.509. The highest BCUT2D eigenvalue weighted by molar-refractivity contribution is 6.53. The number of hydrogen-bond acceptors (Lipinski definition) is 2. The molecule has 0 spiro atoms. The summed E-state index contributed by atoms with van der Waals surface area (Å²) in [7, 11) is 0. The highest BCUT2D eigenvalue weighted by atomic mass is 35.5. The molecule has 0 aliphatic heterocycles. The van der Waals surface area contributed by atoms with Gasteiger partial charge in [0.1, 0.15) is 0 Å². The summed E-state index contributed by atoms with van der Waals surface area (Å²) in [5.41, 5.74) is -1.91. The van der Waals surface area contributed by atoms with Gasteiger partial charge in [0.15, 0.2) is 9.93 Å². The van der Waals surface area contributed by atoms with Crippen LogP contribution in [0.3, 0.4) is 0 Å². The quantitative estimate of drug-likeness (QED) is 0.560. The van der Waals surface area contributed by atoms with E-state index in [0.29, 0.717) is 0 Å². The molecular formula is C4H4Cl2O3. The molecule has 1 aliphatic carbocycles. The number of carboxylic acids is 1. The first-order valence-electron chi connectivity index (χ1n) is 2.24. The monoisotopic (exact) mass is 170 g/mol. The number of aliphatic carboxylic acids is 1. The summed E-state index contributed by atoms with van der Waals surface area (Å²) >= 11 is 10.6. The van der Waals surface area contributed by atoms with Crippen molar-refractivity contribution in [1.82, 2.24) is 0 Å². The molecule has 52 valence electrons. The molecular weight excluding hydrogens is 167 g/mol. The molecule has 1 atom stereocenters. The van der Waals surface area contributed by atoms with Gasteiger partial charge in [-0.1, -0.05) is 23.2 Å². The Hall–Kier alpha value is 0.01000. The van der Waals surface area contributed by atoms with Crippen LogP contribution in [0.5, 0.6) is 0 Å². The highest BCUT2D eigenvalue weighted by Gasteiger charge is 2.71. The Balaban J connectivity index is 2.74. The third-order valence-electron chi connectivity index (χ3n) is 1.31. The largest absolute Gasteiger partial charge is 0.479 e. The first-order valence-corrected chi connectivity index (χ1v) is 2.99. The third-order valence-corrected chi connectivity index (χ3v) is 2.20. The molecule has 0 bridgehead atoms. The molecule has 1 unspecified atom stereocenters. The van der Waals surface area contributed by atoms with Gasteiger partial charge in [-0.05, 0) is 0 Å². The van der Waals surface area contributed by atoms with Crippen molar-refractivity contribution in [2.45, 2.75) is 16.4 Å². The topological polar surface area (TPSA) is 57.5 Å². The Morgan fingerprint density at radius 1 is 1.56 bits per heavy atom. The van der Waals surface area contributed by atoms with Crippen molar-refractivity contribution in [3.8, 4) is 0 Å². The lowest BCUT2D eigenvalue weighted by atomic mass is 10.4. The highest BCUT2D eigenvalue weighted by Crippen LogP contribution is 2.56. The Morgan fingerprint density at radius 3 is 1.89 bits per heavy atom. The minimum atomic E-state index is -1.91. The molecule has 1 saturated carbocycles. The van der Waals surface area contributed by atoms with E-state index >= 15 is 0 Å². The van der Waals surface area contributed by atoms with E-state index < -0.39 is 15.9 Å². The molecule has 0 aromatic heterocycles. The molecule has 5 heteroatoms. The third kappa shape index (κ3) is 0.801. The lowest BCUT2D eigenvalue weighted by molar-refractivity contribution is -0.149. The number of carbonyl (C=O) groups is 1. The zero-order valence-electron chi connectivity index (χ0n) is 4.27. The minimum absolute atomic E-state index is 0.0988. The molecule has 0 radical (unpaired) electrons. The fraction of sp³-hybridized carbons (Fsp3) is 0.750.